The number of benzene rings is 1. The third-order valence-electron chi connectivity index (χ3n) is 3.56. The largest absolute Gasteiger partial charge is 0.508 e. The molecule has 0 aliphatic rings. The monoisotopic (exact) mass is 364 g/mol. The van der Waals surface area contributed by atoms with Crippen molar-refractivity contribution in [2.24, 2.45) is 0 Å². The van der Waals surface area contributed by atoms with Gasteiger partial charge in [0.25, 0.3) is 0 Å². The molecule has 1 aromatic carbocycles. The predicted octanol–water partition coefficient (Wildman–Crippen LogP) is -0.628. The van der Waals surface area contributed by atoms with Gasteiger partial charge in [0.15, 0.2) is 0 Å². The number of carbonyl (C=O) groups is 3. The number of carboxylic acids is 1. The third kappa shape index (κ3) is 4.29. The van der Waals surface area contributed by atoms with Gasteiger partial charge in [-0.2, -0.15) is 0 Å². The number of hydrogen-bond donors (Lipinski definition) is 5. The lowest BCUT2D eigenvalue weighted by molar-refractivity contribution is -0.137. The zero-order chi connectivity index (χ0) is 19.4. The van der Waals surface area contributed by atoms with Crippen molar-refractivity contribution in [1.29, 1.82) is 0 Å². The fourth-order valence-corrected chi connectivity index (χ4v) is 2.35. The number of phenolic OH excluding ortho intramolecular Hbond substituents is 2. The van der Waals surface area contributed by atoms with Gasteiger partial charge in [-0.1, -0.05) is 0 Å². The Balaban J connectivity index is 2.15. The summed E-state index contributed by atoms with van der Waals surface area (Å²) in [5, 5.41) is 32.3. The minimum atomic E-state index is -1.22. The maximum atomic E-state index is 12.1. The molecular formula is C16H16N2O8. The molecule has 138 valence electrons. The van der Waals surface area contributed by atoms with E-state index in [1.807, 2.05) is 0 Å². The molecule has 0 aliphatic heterocycles. The first kappa shape index (κ1) is 18.8. The summed E-state index contributed by atoms with van der Waals surface area (Å²) in [6.45, 7) is 0.482. The molecule has 0 saturated carbocycles. The van der Waals surface area contributed by atoms with Crippen LogP contribution in [0.15, 0.2) is 21.3 Å². The number of hydrogen-bond acceptors (Lipinski definition) is 7. The van der Waals surface area contributed by atoms with E-state index in [0.29, 0.717) is 5.56 Å². The second-order valence-corrected chi connectivity index (χ2v) is 5.46. The molecule has 0 fully saturated rings. The van der Waals surface area contributed by atoms with Crippen LogP contribution >= 0.6 is 0 Å². The highest BCUT2D eigenvalue weighted by atomic mass is 16.4. The van der Waals surface area contributed by atoms with E-state index in [9.17, 15) is 29.4 Å². The van der Waals surface area contributed by atoms with E-state index >= 15 is 0 Å². The van der Waals surface area contributed by atoms with E-state index in [2.05, 4.69) is 10.6 Å². The molecule has 2 aromatic rings. The van der Waals surface area contributed by atoms with E-state index in [1.165, 1.54) is 13.0 Å². The van der Waals surface area contributed by atoms with Crippen molar-refractivity contribution in [3.05, 3.63) is 33.7 Å². The summed E-state index contributed by atoms with van der Waals surface area (Å²) in [6, 6.07) is 2.24. The third-order valence-corrected chi connectivity index (χ3v) is 3.56. The van der Waals surface area contributed by atoms with Gasteiger partial charge in [-0.3, -0.25) is 14.4 Å². The minimum Gasteiger partial charge on any atom is -0.508 e. The molecule has 26 heavy (non-hydrogen) atoms. The van der Waals surface area contributed by atoms with Crippen LogP contribution in [0.25, 0.3) is 11.0 Å². The summed E-state index contributed by atoms with van der Waals surface area (Å²) in [5.41, 5.74) is -0.547. The lowest BCUT2D eigenvalue weighted by Gasteiger charge is -2.10. The van der Waals surface area contributed by atoms with Gasteiger partial charge >= 0.3 is 11.6 Å². The molecule has 1 aromatic heterocycles. The molecule has 0 saturated heterocycles. The topological polar surface area (TPSA) is 166 Å². The number of phenols is 2. The molecule has 0 aliphatic carbocycles. The first-order chi connectivity index (χ1) is 12.2. The average molecular weight is 364 g/mol. The lowest BCUT2D eigenvalue weighted by atomic mass is 10.0. The van der Waals surface area contributed by atoms with E-state index in [1.54, 1.807) is 0 Å². The van der Waals surface area contributed by atoms with E-state index in [0.717, 1.165) is 6.07 Å². The van der Waals surface area contributed by atoms with Crippen molar-refractivity contribution >= 4 is 28.8 Å². The van der Waals surface area contributed by atoms with E-state index in [-0.39, 0.29) is 28.0 Å². The van der Waals surface area contributed by atoms with Gasteiger partial charge in [0.2, 0.25) is 11.8 Å². The molecule has 0 spiro atoms. The second kappa shape index (κ2) is 7.55. The highest BCUT2D eigenvalue weighted by Crippen LogP contribution is 2.32. The number of amides is 2. The van der Waals surface area contributed by atoms with E-state index in [4.69, 9.17) is 9.52 Å². The van der Waals surface area contributed by atoms with Crippen molar-refractivity contribution in [3.8, 4) is 11.5 Å². The van der Waals surface area contributed by atoms with Crippen LogP contribution in [-0.4, -0.2) is 46.2 Å². The number of aliphatic carboxylic acids is 1. The fraction of sp³-hybridized carbons (Fsp3) is 0.250. The van der Waals surface area contributed by atoms with Crippen LogP contribution in [0.1, 0.15) is 11.1 Å². The van der Waals surface area contributed by atoms with Crippen LogP contribution in [0.3, 0.4) is 0 Å². The van der Waals surface area contributed by atoms with Crippen LogP contribution < -0.4 is 16.3 Å². The zero-order valence-corrected chi connectivity index (χ0v) is 13.7. The molecule has 0 bridgehead atoms. The second-order valence-electron chi connectivity index (χ2n) is 5.46. The Morgan fingerprint density at radius 1 is 1.08 bits per heavy atom. The molecule has 0 unspecified atom stereocenters. The standard InChI is InChI=1S/C16H16N2O8/c1-7-9(4-12(21)17-5-13(22)18-6-14(23)24)16(25)26-11-3-8(19)2-10(20)15(7)11/h2-3,19-20H,4-6H2,1H3,(H,17,21)(H,18,22)(H,23,24). The molecule has 5 N–H and O–H groups in total. The number of fused-ring (bicyclic) bond motifs is 1. The predicted molar refractivity (Wildman–Crippen MR) is 87.9 cm³/mol. The van der Waals surface area contributed by atoms with Crippen LogP contribution in [0.4, 0.5) is 0 Å². The van der Waals surface area contributed by atoms with Gasteiger partial charge in [-0.25, -0.2) is 4.79 Å². The Labute approximate surface area is 146 Å². The van der Waals surface area contributed by atoms with Gasteiger partial charge in [0.05, 0.1) is 23.9 Å². The van der Waals surface area contributed by atoms with Gasteiger partial charge in [0.1, 0.15) is 23.6 Å². The van der Waals surface area contributed by atoms with Gasteiger partial charge in [0, 0.05) is 12.1 Å². The van der Waals surface area contributed by atoms with Gasteiger partial charge in [-0.05, 0) is 12.5 Å². The Kier molecular flexibility index (Phi) is 5.45. The molecular weight excluding hydrogens is 348 g/mol. The lowest BCUT2D eigenvalue weighted by Crippen LogP contribution is -2.39. The maximum Gasteiger partial charge on any atom is 0.340 e. The van der Waals surface area contributed by atoms with Crippen LogP contribution in [-0.2, 0) is 20.8 Å². The summed E-state index contributed by atoms with van der Waals surface area (Å²) >= 11 is 0. The molecule has 2 amide bonds. The average Bonchev–Trinajstić information content (AvgIpc) is 2.53. The summed E-state index contributed by atoms with van der Waals surface area (Å²) in [6.07, 6.45) is -0.406. The first-order valence-electron chi connectivity index (χ1n) is 7.42. The highest BCUT2D eigenvalue weighted by molar-refractivity contribution is 5.91. The summed E-state index contributed by atoms with van der Waals surface area (Å²) in [4.78, 5) is 45.7. The Bertz CT molecular complexity index is 947. The van der Waals surface area contributed by atoms with Crippen molar-refractivity contribution in [1.82, 2.24) is 10.6 Å². The Hall–Kier alpha value is -3.56. The molecule has 0 radical (unpaired) electrons. The number of carboxylic acid groups (broad SMARTS) is 1. The van der Waals surface area contributed by atoms with Crippen LogP contribution in [0.2, 0.25) is 0 Å². The van der Waals surface area contributed by atoms with Gasteiger partial charge in [-0.15, -0.1) is 0 Å². The Morgan fingerprint density at radius 3 is 2.38 bits per heavy atom. The van der Waals surface area contributed by atoms with Crippen molar-refractivity contribution in [2.75, 3.05) is 13.1 Å². The van der Waals surface area contributed by atoms with Gasteiger partial charge < -0.3 is 30.4 Å². The molecule has 1 heterocycles. The van der Waals surface area contributed by atoms with Crippen LogP contribution in [0, 0.1) is 6.92 Å². The minimum absolute atomic E-state index is 0.0121. The number of rotatable bonds is 6. The molecule has 10 heteroatoms. The number of aryl methyl sites for hydroxylation is 1. The quantitative estimate of drug-likeness (QED) is 0.423. The van der Waals surface area contributed by atoms with E-state index < -0.39 is 42.9 Å². The fourth-order valence-electron chi connectivity index (χ4n) is 2.35. The summed E-state index contributed by atoms with van der Waals surface area (Å²) in [5.74, 6) is -3.18. The normalized spacial score (nSPS) is 10.5. The first-order valence-corrected chi connectivity index (χ1v) is 7.42. The molecule has 0 atom stereocenters. The summed E-state index contributed by atoms with van der Waals surface area (Å²) < 4.78 is 5.03. The highest BCUT2D eigenvalue weighted by Gasteiger charge is 2.18. The summed E-state index contributed by atoms with van der Waals surface area (Å²) in [7, 11) is 0. The molecule has 2 rings (SSSR count). The zero-order valence-electron chi connectivity index (χ0n) is 13.7. The number of carbonyl (C=O) groups excluding carboxylic acids is 2. The number of nitrogens with one attached hydrogen (secondary N) is 2. The van der Waals surface area contributed by atoms with Crippen molar-refractivity contribution < 1.29 is 34.1 Å². The number of aromatic hydroxyl groups is 2. The van der Waals surface area contributed by atoms with Crippen molar-refractivity contribution in [3.63, 3.8) is 0 Å². The van der Waals surface area contributed by atoms with Crippen LogP contribution in [0.5, 0.6) is 11.5 Å². The maximum absolute atomic E-state index is 12.1. The Morgan fingerprint density at radius 2 is 1.73 bits per heavy atom. The molecule has 10 nitrogen and oxygen atoms in total. The smallest absolute Gasteiger partial charge is 0.340 e. The SMILES string of the molecule is Cc1c(CC(=O)NCC(=O)NCC(=O)O)c(=O)oc2cc(O)cc(O)c12. The van der Waals surface area contributed by atoms with Crippen molar-refractivity contribution in [2.45, 2.75) is 13.3 Å².